The van der Waals surface area contributed by atoms with E-state index < -0.39 is 0 Å². The Morgan fingerprint density at radius 3 is 2.93 bits per heavy atom. The highest BCUT2D eigenvalue weighted by Gasteiger charge is 2.27. The minimum Gasteiger partial charge on any atom is -0.352 e. The van der Waals surface area contributed by atoms with Crippen LogP contribution in [0, 0.1) is 5.92 Å². The molecule has 2 unspecified atom stereocenters. The van der Waals surface area contributed by atoms with Crippen LogP contribution in [0.1, 0.15) is 19.3 Å². The number of nitrogens with zero attached hydrogens (tertiary/aromatic N) is 1. The molecule has 0 aromatic carbocycles. The van der Waals surface area contributed by atoms with E-state index in [2.05, 4.69) is 10.2 Å². The minimum absolute atomic E-state index is 0.213. The molecule has 0 aromatic heterocycles. The van der Waals surface area contributed by atoms with Gasteiger partial charge in [0.2, 0.25) is 5.91 Å². The largest absolute Gasteiger partial charge is 0.352 e. The number of likely N-dealkylation sites (tertiary alicyclic amines) is 1. The van der Waals surface area contributed by atoms with E-state index in [0.717, 1.165) is 32.6 Å². The topological polar surface area (TPSA) is 58.4 Å². The molecule has 4 heteroatoms. The van der Waals surface area contributed by atoms with Crippen LogP contribution in [-0.4, -0.2) is 43.0 Å². The number of carbonyl (C=O) groups is 1. The first-order chi connectivity index (χ1) is 6.78. The van der Waals surface area contributed by atoms with Crippen LogP contribution in [0.2, 0.25) is 0 Å². The molecule has 2 rings (SSSR count). The monoisotopic (exact) mass is 197 g/mol. The summed E-state index contributed by atoms with van der Waals surface area (Å²) in [5.74, 6) is 0.886. The molecule has 0 saturated carbocycles. The third-order valence-corrected chi connectivity index (χ3v) is 3.27. The van der Waals surface area contributed by atoms with Gasteiger partial charge in [0.25, 0.3) is 0 Å². The van der Waals surface area contributed by atoms with Gasteiger partial charge in [-0.15, -0.1) is 0 Å². The van der Waals surface area contributed by atoms with Gasteiger partial charge < -0.3 is 16.0 Å². The van der Waals surface area contributed by atoms with Gasteiger partial charge >= 0.3 is 0 Å². The first-order valence-electron chi connectivity index (χ1n) is 5.49. The molecule has 0 radical (unpaired) electrons. The zero-order valence-electron chi connectivity index (χ0n) is 8.54. The summed E-state index contributed by atoms with van der Waals surface area (Å²) in [4.78, 5) is 13.4. The Morgan fingerprint density at radius 2 is 2.36 bits per heavy atom. The van der Waals surface area contributed by atoms with Crippen molar-refractivity contribution in [2.75, 3.05) is 26.2 Å². The summed E-state index contributed by atoms with van der Waals surface area (Å²) in [5.41, 5.74) is 5.63. The Bertz CT molecular complexity index is 219. The van der Waals surface area contributed by atoms with E-state index in [1.807, 2.05) is 0 Å². The van der Waals surface area contributed by atoms with E-state index in [-0.39, 0.29) is 5.91 Å². The van der Waals surface area contributed by atoms with Crippen molar-refractivity contribution in [1.82, 2.24) is 10.2 Å². The summed E-state index contributed by atoms with van der Waals surface area (Å²) in [6, 6.07) is 0.388. The summed E-state index contributed by atoms with van der Waals surface area (Å²) in [7, 11) is 0. The number of rotatable bonds is 3. The molecule has 0 bridgehead atoms. The van der Waals surface area contributed by atoms with Crippen LogP contribution >= 0.6 is 0 Å². The fourth-order valence-corrected chi connectivity index (χ4v) is 2.40. The van der Waals surface area contributed by atoms with Gasteiger partial charge in [0.15, 0.2) is 0 Å². The maximum atomic E-state index is 11.0. The molecule has 0 spiro atoms. The third-order valence-electron chi connectivity index (χ3n) is 3.27. The van der Waals surface area contributed by atoms with Gasteiger partial charge in [-0.2, -0.15) is 0 Å². The number of nitrogens with one attached hydrogen (secondary N) is 1. The molecule has 14 heavy (non-hydrogen) atoms. The average molecular weight is 197 g/mol. The summed E-state index contributed by atoms with van der Waals surface area (Å²) >= 11 is 0. The van der Waals surface area contributed by atoms with Crippen LogP contribution in [0.15, 0.2) is 0 Å². The predicted molar refractivity (Wildman–Crippen MR) is 54.8 cm³/mol. The lowest BCUT2D eigenvalue weighted by molar-refractivity contribution is -0.119. The highest BCUT2D eigenvalue weighted by Crippen LogP contribution is 2.17. The Morgan fingerprint density at radius 1 is 1.50 bits per heavy atom. The molecule has 0 aliphatic carbocycles. The van der Waals surface area contributed by atoms with Gasteiger partial charge in [-0.3, -0.25) is 4.79 Å². The van der Waals surface area contributed by atoms with Gasteiger partial charge in [-0.1, -0.05) is 0 Å². The van der Waals surface area contributed by atoms with Crippen molar-refractivity contribution in [3.8, 4) is 0 Å². The molecule has 2 atom stereocenters. The predicted octanol–water partition coefficient (Wildman–Crippen LogP) is -0.454. The van der Waals surface area contributed by atoms with Crippen molar-refractivity contribution in [2.45, 2.75) is 25.3 Å². The molecule has 80 valence electrons. The number of hydrogen-bond donors (Lipinski definition) is 2. The Balaban J connectivity index is 1.73. The van der Waals surface area contributed by atoms with Gasteiger partial charge in [0.05, 0.1) is 0 Å². The van der Waals surface area contributed by atoms with Crippen LogP contribution in [0.5, 0.6) is 0 Å². The van der Waals surface area contributed by atoms with E-state index in [1.54, 1.807) is 0 Å². The van der Waals surface area contributed by atoms with Crippen molar-refractivity contribution in [1.29, 1.82) is 0 Å². The molecule has 1 amide bonds. The molecule has 2 aliphatic rings. The highest BCUT2D eigenvalue weighted by atomic mass is 16.1. The van der Waals surface area contributed by atoms with Crippen LogP contribution in [0.4, 0.5) is 0 Å². The quantitative estimate of drug-likeness (QED) is 0.644. The number of hydrogen-bond acceptors (Lipinski definition) is 3. The maximum absolute atomic E-state index is 11.0. The third kappa shape index (κ3) is 2.25. The van der Waals surface area contributed by atoms with Gasteiger partial charge in [-0.25, -0.2) is 0 Å². The molecule has 4 nitrogen and oxygen atoms in total. The summed E-state index contributed by atoms with van der Waals surface area (Å²) in [5, 5.41) is 3.00. The number of amides is 1. The first-order valence-corrected chi connectivity index (χ1v) is 5.49. The van der Waals surface area contributed by atoms with E-state index >= 15 is 0 Å². The second kappa shape index (κ2) is 4.28. The van der Waals surface area contributed by atoms with Crippen LogP contribution in [-0.2, 0) is 4.79 Å². The van der Waals surface area contributed by atoms with E-state index in [1.165, 1.54) is 6.42 Å². The second-order valence-corrected chi connectivity index (χ2v) is 4.45. The van der Waals surface area contributed by atoms with Crippen molar-refractivity contribution in [3.63, 3.8) is 0 Å². The molecular weight excluding hydrogens is 178 g/mol. The van der Waals surface area contributed by atoms with Gasteiger partial charge in [-0.05, 0) is 31.8 Å². The zero-order valence-corrected chi connectivity index (χ0v) is 8.54. The summed E-state index contributed by atoms with van der Waals surface area (Å²) in [6.07, 6.45) is 2.93. The Labute approximate surface area is 84.8 Å². The highest BCUT2D eigenvalue weighted by molar-refractivity contribution is 5.78. The van der Waals surface area contributed by atoms with Crippen LogP contribution < -0.4 is 11.1 Å². The van der Waals surface area contributed by atoms with Crippen molar-refractivity contribution >= 4 is 5.91 Å². The lowest BCUT2D eigenvalue weighted by Crippen LogP contribution is -2.37. The zero-order chi connectivity index (χ0) is 9.97. The van der Waals surface area contributed by atoms with Crippen LogP contribution in [0.3, 0.4) is 0 Å². The van der Waals surface area contributed by atoms with E-state index in [9.17, 15) is 4.79 Å². The van der Waals surface area contributed by atoms with Gasteiger partial charge in [0, 0.05) is 25.6 Å². The normalized spacial score (nSPS) is 33.6. The average Bonchev–Trinajstić information content (AvgIpc) is 2.76. The fourth-order valence-electron chi connectivity index (χ4n) is 2.40. The van der Waals surface area contributed by atoms with Crippen LogP contribution in [0.25, 0.3) is 0 Å². The second-order valence-electron chi connectivity index (χ2n) is 4.45. The number of carbonyl (C=O) groups excluding carboxylic acids is 1. The maximum Gasteiger partial charge on any atom is 0.220 e. The molecule has 3 N–H and O–H groups in total. The molecule has 2 fully saturated rings. The molecular formula is C10H19N3O. The van der Waals surface area contributed by atoms with E-state index in [0.29, 0.717) is 18.4 Å². The van der Waals surface area contributed by atoms with E-state index in [4.69, 9.17) is 5.73 Å². The van der Waals surface area contributed by atoms with Crippen molar-refractivity contribution in [2.24, 2.45) is 11.7 Å². The smallest absolute Gasteiger partial charge is 0.220 e. The lowest BCUT2D eigenvalue weighted by atomic mass is 10.1. The molecule has 2 heterocycles. The summed E-state index contributed by atoms with van der Waals surface area (Å²) in [6.45, 7) is 4.08. The Hall–Kier alpha value is -0.610. The van der Waals surface area contributed by atoms with Crippen molar-refractivity contribution < 1.29 is 4.79 Å². The Kier molecular flexibility index (Phi) is 3.03. The minimum atomic E-state index is 0.213. The lowest BCUT2D eigenvalue weighted by Gasteiger charge is -2.20. The molecule has 2 saturated heterocycles. The standard InChI is InChI=1S/C10H19N3O/c11-5-8-3-4-13(6-8)7-9-1-2-10(14)12-9/h8-9H,1-7,11H2,(H,12,14). The molecule has 0 aromatic rings. The SMILES string of the molecule is NCC1CCN(CC2CCC(=O)N2)C1. The van der Waals surface area contributed by atoms with Crippen molar-refractivity contribution in [3.05, 3.63) is 0 Å². The fraction of sp³-hybridized carbons (Fsp3) is 0.900. The first kappa shape index (κ1) is 9.93. The summed E-state index contributed by atoms with van der Waals surface area (Å²) < 4.78 is 0. The number of nitrogens with two attached hydrogens (primary N) is 1. The molecule has 2 aliphatic heterocycles. The van der Waals surface area contributed by atoms with Gasteiger partial charge in [0.1, 0.15) is 0 Å².